The smallest absolute Gasteiger partial charge is 0.242 e. The predicted molar refractivity (Wildman–Crippen MR) is 131 cm³/mol. The largest absolute Gasteiger partial charge is 0.354 e. The molecule has 0 radical (unpaired) electrons. The molecule has 168 valence electrons. The van der Waals surface area contributed by atoms with Crippen LogP contribution >= 0.6 is 15.9 Å². The highest BCUT2D eigenvalue weighted by atomic mass is 79.9. The molecule has 0 heterocycles. The Balaban J connectivity index is 2.11. The molecule has 2 amide bonds. The quantitative estimate of drug-likeness (QED) is 0.468. The lowest BCUT2D eigenvalue weighted by atomic mass is 10.00. The first-order chi connectivity index (χ1) is 14.7. The van der Waals surface area contributed by atoms with Gasteiger partial charge in [-0.3, -0.25) is 9.59 Å². The molecule has 4 nitrogen and oxygen atoms in total. The van der Waals surface area contributed by atoms with Crippen molar-refractivity contribution in [2.75, 3.05) is 6.54 Å². The molecule has 0 spiro atoms. The van der Waals surface area contributed by atoms with Gasteiger partial charge in [0.2, 0.25) is 11.8 Å². The third-order valence-corrected chi connectivity index (χ3v) is 5.86. The van der Waals surface area contributed by atoms with E-state index in [1.807, 2.05) is 31.2 Å². The van der Waals surface area contributed by atoms with Crippen molar-refractivity contribution in [3.63, 3.8) is 0 Å². The molecule has 0 aliphatic carbocycles. The van der Waals surface area contributed by atoms with Crippen LogP contribution in [0.3, 0.4) is 0 Å². The molecule has 1 unspecified atom stereocenters. The van der Waals surface area contributed by atoms with Crippen molar-refractivity contribution in [3.05, 3.63) is 69.7 Å². The zero-order valence-electron chi connectivity index (χ0n) is 19.3. The molecule has 0 saturated heterocycles. The van der Waals surface area contributed by atoms with Gasteiger partial charge in [0.1, 0.15) is 6.04 Å². The summed E-state index contributed by atoms with van der Waals surface area (Å²) in [5, 5.41) is 2.96. The van der Waals surface area contributed by atoms with Crippen molar-refractivity contribution in [3.8, 4) is 0 Å². The number of amides is 2. The molecule has 5 heteroatoms. The minimum atomic E-state index is -0.534. The van der Waals surface area contributed by atoms with E-state index >= 15 is 0 Å². The Morgan fingerprint density at radius 1 is 0.968 bits per heavy atom. The topological polar surface area (TPSA) is 49.4 Å². The van der Waals surface area contributed by atoms with Gasteiger partial charge in [-0.2, -0.15) is 0 Å². The molecule has 0 aliphatic heterocycles. The molecular formula is C26H35BrN2O2. The van der Waals surface area contributed by atoms with Gasteiger partial charge in [0.05, 0.1) is 0 Å². The summed E-state index contributed by atoms with van der Waals surface area (Å²) in [5.41, 5.74) is 3.42. The first-order valence-electron chi connectivity index (χ1n) is 11.1. The van der Waals surface area contributed by atoms with Crippen molar-refractivity contribution in [1.82, 2.24) is 10.2 Å². The van der Waals surface area contributed by atoms with Crippen molar-refractivity contribution >= 4 is 27.7 Å². The maximum atomic E-state index is 13.2. The van der Waals surface area contributed by atoms with Crippen molar-refractivity contribution in [1.29, 1.82) is 0 Å². The number of aryl methyl sites for hydroxylation is 1. The van der Waals surface area contributed by atoms with Gasteiger partial charge >= 0.3 is 0 Å². The predicted octanol–water partition coefficient (Wildman–Crippen LogP) is 5.69. The lowest BCUT2D eigenvalue weighted by Gasteiger charge is -2.29. The van der Waals surface area contributed by atoms with Gasteiger partial charge in [-0.1, -0.05) is 80.0 Å². The third kappa shape index (κ3) is 8.13. The minimum absolute atomic E-state index is 0.0138. The monoisotopic (exact) mass is 486 g/mol. The van der Waals surface area contributed by atoms with Crippen molar-refractivity contribution in [2.45, 2.75) is 66.0 Å². The Morgan fingerprint density at radius 3 is 2.23 bits per heavy atom. The molecule has 0 bridgehead atoms. The molecule has 0 fully saturated rings. The number of carbonyl (C=O) groups is 2. The summed E-state index contributed by atoms with van der Waals surface area (Å²) in [6.45, 7) is 11.3. The number of carbonyl (C=O) groups excluding carboxylic acids is 2. The molecular weight excluding hydrogens is 452 g/mol. The van der Waals surface area contributed by atoms with Gasteiger partial charge in [-0.05, 0) is 54.0 Å². The summed E-state index contributed by atoms with van der Waals surface area (Å²) in [7, 11) is 0. The molecule has 2 rings (SSSR count). The molecule has 2 aromatic carbocycles. The first kappa shape index (κ1) is 25.1. The number of hydrogen-bond donors (Lipinski definition) is 1. The third-order valence-electron chi connectivity index (χ3n) is 5.37. The lowest BCUT2D eigenvalue weighted by molar-refractivity contribution is -0.140. The Morgan fingerprint density at radius 2 is 1.65 bits per heavy atom. The highest BCUT2D eigenvalue weighted by Crippen LogP contribution is 2.18. The van der Waals surface area contributed by atoms with Crippen LogP contribution in [0.25, 0.3) is 0 Å². The van der Waals surface area contributed by atoms with Gasteiger partial charge in [0.15, 0.2) is 0 Å². The number of halogens is 1. The molecule has 0 aliphatic rings. The average Bonchev–Trinajstić information content (AvgIpc) is 2.74. The second-order valence-electron chi connectivity index (χ2n) is 8.86. The van der Waals surface area contributed by atoms with Crippen LogP contribution in [0.2, 0.25) is 0 Å². The summed E-state index contributed by atoms with van der Waals surface area (Å²) in [5.74, 6) is 0.721. The Hall–Kier alpha value is -2.14. The Kier molecular flexibility index (Phi) is 9.76. The maximum Gasteiger partial charge on any atom is 0.242 e. The molecule has 1 N–H and O–H groups in total. The molecule has 0 saturated carbocycles. The van der Waals surface area contributed by atoms with E-state index < -0.39 is 6.04 Å². The van der Waals surface area contributed by atoms with Gasteiger partial charge in [0, 0.05) is 24.0 Å². The Labute approximate surface area is 195 Å². The fourth-order valence-electron chi connectivity index (χ4n) is 3.33. The van der Waals surface area contributed by atoms with E-state index in [1.54, 1.807) is 4.90 Å². The fraction of sp³-hybridized carbons (Fsp3) is 0.462. The summed E-state index contributed by atoms with van der Waals surface area (Å²) >= 11 is 3.49. The van der Waals surface area contributed by atoms with E-state index in [-0.39, 0.29) is 11.8 Å². The van der Waals surface area contributed by atoms with E-state index in [0.29, 0.717) is 37.8 Å². The van der Waals surface area contributed by atoms with Gasteiger partial charge in [0.25, 0.3) is 0 Å². The SMILES string of the molecule is CC(C)CNC(=O)C(C)N(Cc1cccc(Br)c1)C(=O)CCc1ccc(C(C)C)cc1. The van der Waals surface area contributed by atoms with E-state index in [4.69, 9.17) is 0 Å². The van der Waals surface area contributed by atoms with Crippen LogP contribution in [-0.4, -0.2) is 29.3 Å². The van der Waals surface area contributed by atoms with Gasteiger partial charge in [-0.15, -0.1) is 0 Å². The number of rotatable bonds is 10. The lowest BCUT2D eigenvalue weighted by Crippen LogP contribution is -2.48. The van der Waals surface area contributed by atoms with Crippen LogP contribution in [0.5, 0.6) is 0 Å². The number of nitrogens with zero attached hydrogens (tertiary/aromatic N) is 1. The Bertz CT molecular complexity index is 862. The van der Waals surface area contributed by atoms with E-state index in [1.165, 1.54) is 5.56 Å². The van der Waals surface area contributed by atoms with Crippen LogP contribution in [0.15, 0.2) is 53.0 Å². The average molecular weight is 487 g/mol. The number of benzene rings is 2. The number of nitrogens with one attached hydrogen (secondary N) is 1. The van der Waals surface area contributed by atoms with Gasteiger partial charge in [-0.25, -0.2) is 0 Å². The molecule has 0 aromatic heterocycles. The zero-order chi connectivity index (χ0) is 23.0. The van der Waals surface area contributed by atoms with Crippen molar-refractivity contribution < 1.29 is 9.59 Å². The minimum Gasteiger partial charge on any atom is -0.354 e. The summed E-state index contributed by atoms with van der Waals surface area (Å²) < 4.78 is 0.958. The molecule has 2 aromatic rings. The zero-order valence-corrected chi connectivity index (χ0v) is 20.9. The van der Waals surface area contributed by atoms with Crippen LogP contribution in [0, 0.1) is 5.92 Å². The van der Waals surface area contributed by atoms with E-state index in [9.17, 15) is 9.59 Å². The fourth-order valence-corrected chi connectivity index (χ4v) is 3.78. The molecule has 31 heavy (non-hydrogen) atoms. The second-order valence-corrected chi connectivity index (χ2v) is 9.78. The second kappa shape index (κ2) is 12.0. The first-order valence-corrected chi connectivity index (χ1v) is 11.9. The summed E-state index contributed by atoms with van der Waals surface area (Å²) in [4.78, 5) is 27.6. The van der Waals surface area contributed by atoms with Crippen LogP contribution < -0.4 is 5.32 Å². The highest BCUT2D eigenvalue weighted by molar-refractivity contribution is 9.10. The van der Waals surface area contributed by atoms with Crippen LogP contribution in [-0.2, 0) is 22.6 Å². The molecule has 1 atom stereocenters. The maximum absolute atomic E-state index is 13.2. The summed E-state index contributed by atoms with van der Waals surface area (Å²) in [6.07, 6.45) is 1.03. The van der Waals surface area contributed by atoms with Crippen LogP contribution in [0.4, 0.5) is 0 Å². The van der Waals surface area contributed by atoms with Crippen LogP contribution in [0.1, 0.15) is 63.6 Å². The highest BCUT2D eigenvalue weighted by Gasteiger charge is 2.26. The van der Waals surface area contributed by atoms with Crippen molar-refractivity contribution in [2.24, 2.45) is 5.92 Å². The normalized spacial score (nSPS) is 12.1. The summed E-state index contributed by atoms with van der Waals surface area (Å²) in [6, 6.07) is 15.8. The van der Waals surface area contributed by atoms with E-state index in [0.717, 1.165) is 15.6 Å². The van der Waals surface area contributed by atoms with E-state index in [2.05, 4.69) is 73.2 Å². The van der Waals surface area contributed by atoms with Gasteiger partial charge < -0.3 is 10.2 Å². The number of hydrogen-bond acceptors (Lipinski definition) is 2. The standard InChI is InChI=1S/C26H35BrN2O2/c1-18(2)16-28-26(31)20(5)29(17-22-7-6-8-24(27)15-22)25(30)14-11-21-9-12-23(13-10-21)19(3)4/h6-10,12-13,15,18-20H,11,14,16-17H2,1-5H3,(H,28,31).